The summed E-state index contributed by atoms with van der Waals surface area (Å²) in [6.07, 6.45) is 3.11. The summed E-state index contributed by atoms with van der Waals surface area (Å²) in [5.74, 6) is 0.569. The number of amides is 1. The first kappa shape index (κ1) is 11.9. The molecule has 1 saturated carbocycles. The van der Waals surface area contributed by atoms with Crippen molar-refractivity contribution in [3.8, 4) is 11.4 Å². The Kier molecular flexibility index (Phi) is 2.60. The molecule has 2 aromatic rings. The van der Waals surface area contributed by atoms with Gasteiger partial charge in [-0.3, -0.25) is 4.79 Å². The SMILES string of the molecule is Cn1cnnc1-c1ccccc1NC(=O)C1(N)CC1. The lowest BCUT2D eigenvalue weighted by atomic mass is 10.1. The Morgan fingerprint density at radius 2 is 2.16 bits per heavy atom. The second-order valence-electron chi connectivity index (χ2n) is 4.92. The van der Waals surface area contributed by atoms with Gasteiger partial charge in [-0.05, 0) is 25.0 Å². The van der Waals surface area contributed by atoms with E-state index in [0.717, 1.165) is 18.4 Å². The fourth-order valence-electron chi connectivity index (χ4n) is 1.92. The number of nitrogens with one attached hydrogen (secondary N) is 1. The monoisotopic (exact) mass is 257 g/mol. The molecule has 0 radical (unpaired) electrons. The maximum absolute atomic E-state index is 12.0. The predicted molar refractivity (Wildman–Crippen MR) is 71.2 cm³/mol. The topological polar surface area (TPSA) is 85.8 Å². The molecule has 0 aliphatic heterocycles. The van der Waals surface area contributed by atoms with Crippen LogP contribution in [0, 0.1) is 0 Å². The number of anilines is 1. The molecule has 0 unspecified atom stereocenters. The summed E-state index contributed by atoms with van der Waals surface area (Å²) in [5.41, 5.74) is 6.75. The smallest absolute Gasteiger partial charge is 0.244 e. The number of aryl methyl sites for hydroxylation is 1. The first-order chi connectivity index (χ1) is 9.10. The molecule has 6 heteroatoms. The maximum atomic E-state index is 12.0. The second kappa shape index (κ2) is 4.17. The van der Waals surface area contributed by atoms with Gasteiger partial charge in [-0.2, -0.15) is 0 Å². The van der Waals surface area contributed by atoms with Gasteiger partial charge in [0.2, 0.25) is 5.91 Å². The molecular formula is C13H15N5O. The summed E-state index contributed by atoms with van der Waals surface area (Å²) >= 11 is 0. The Hall–Kier alpha value is -2.21. The molecule has 1 aliphatic rings. The molecule has 6 nitrogen and oxygen atoms in total. The first-order valence-corrected chi connectivity index (χ1v) is 6.14. The van der Waals surface area contributed by atoms with Crippen LogP contribution in [0.5, 0.6) is 0 Å². The van der Waals surface area contributed by atoms with Gasteiger partial charge in [0.15, 0.2) is 5.82 Å². The Bertz CT molecular complexity index is 629. The van der Waals surface area contributed by atoms with Crippen LogP contribution >= 0.6 is 0 Å². The van der Waals surface area contributed by atoms with Crippen molar-refractivity contribution in [1.29, 1.82) is 0 Å². The van der Waals surface area contributed by atoms with Crippen LogP contribution in [0.3, 0.4) is 0 Å². The van der Waals surface area contributed by atoms with Crippen molar-refractivity contribution in [3.05, 3.63) is 30.6 Å². The van der Waals surface area contributed by atoms with Gasteiger partial charge >= 0.3 is 0 Å². The van der Waals surface area contributed by atoms with E-state index in [1.165, 1.54) is 0 Å². The zero-order chi connectivity index (χ0) is 13.5. The van der Waals surface area contributed by atoms with E-state index in [1.807, 2.05) is 31.3 Å². The van der Waals surface area contributed by atoms with Crippen molar-refractivity contribution in [1.82, 2.24) is 14.8 Å². The van der Waals surface area contributed by atoms with Crippen LogP contribution in [0.15, 0.2) is 30.6 Å². The molecule has 3 N–H and O–H groups in total. The molecule has 1 aliphatic carbocycles. The Morgan fingerprint density at radius 1 is 1.42 bits per heavy atom. The summed E-state index contributed by atoms with van der Waals surface area (Å²) < 4.78 is 1.81. The number of para-hydroxylation sites is 1. The zero-order valence-electron chi connectivity index (χ0n) is 10.6. The molecule has 98 valence electrons. The minimum Gasteiger partial charge on any atom is -0.324 e. The third-order valence-corrected chi connectivity index (χ3v) is 3.37. The molecule has 1 heterocycles. The predicted octanol–water partition coefficient (Wildman–Crippen LogP) is 0.912. The van der Waals surface area contributed by atoms with Gasteiger partial charge in [-0.25, -0.2) is 0 Å². The number of benzene rings is 1. The van der Waals surface area contributed by atoms with Crippen molar-refractivity contribution < 1.29 is 4.79 Å². The van der Waals surface area contributed by atoms with E-state index in [2.05, 4.69) is 15.5 Å². The van der Waals surface area contributed by atoms with E-state index in [4.69, 9.17) is 5.73 Å². The average molecular weight is 257 g/mol. The normalized spacial score (nSPS) is 16.1. The zero-order valence-corrected chi connectivity index (χ0v) is 10.6. The van der Waals surface area contributed by atoms with E-state index in [1.54, 1.807) is 10.9 Å². The largest absolute Gasteiger partial charge is 0.324 e. The average Bonchev–Trinajstić information content (AvgIpc) is 3.01. The molecule has 0 atom stereocenters. The summed E-state index contributed by atoms with van der Waals surface area (Å²) in [4.78, 5) is 12.0. The number of nitrogens with zero attached hydrogens (tertiary/aromatic N) is 3. The van der Waals surface area contributed by atoms with Crippen LogP contribution in [0.1, 0.15) is 12.8 Å². The van der Waals surface area contributed by atoms with Gasteiger partial charge in [0.05, 0.1) is 11.2 Å². The second-order valence-corrected chi connectivity index (χ2v) is 4.92. The molecular weight excluding hydrogens is 242 g/mol. The lowest BCUT2D eigenvalue weighted by Gasteiger charge is -2.13. The Labute approximate surface area is 110 Å². The van der Waals surface area contributed by atoms with Gasteiger partial charge in [0.1, 0.15) is 6.33 Å². The Morgan fingerprint density at radius 3 is 2.79 bits per heavy atom. The van der Waals surface area contributed by atoms with Crippen molar-refractivity contribution in [3.63, 3.8) is 0 Å². The maximum Gasteiger partial charge on any atom is 0.244 e. The highest BCUT2D eigenvalue weighted by atomic mass is 16.2. The number of carbonyl (C=O) groups excluding carboxylic acids is 1. The number of hydrogen-bond donors (Lipinski definition) is 2. The lowest BCUT2D eigenvalue weighted by Crippen LogP contribution is -2.37. The van der Waals surface area contributed by atoms with E-state index in [-0.39, 0.29) is 5.91 Å². The lowest BCUT2D eigenvalue weighted by molar-refractivity contribution is -0.118. The third kappa shape index (κ3) is 2.10. The van der Waals surface area contributed by atoms with Crippen LogP contribution in [0.2, 0.25) is 0 Å². The van der Waals surface area contributed by atoms with Crippen molar-refractivity contribution in [2.45, 2.75) is 18.4 Å². The summed E-state index contributed by atoms with van der Waals surface area (Å²) in [6, 6.07) is 7.50. The van der Waals surface area contributed by atoms with Crippen LogP contribution in [0.25, 0.3) is 11.4 Å². The van der Waals surface area contributed by atoms with Gasteiger partial charge in [0, 0.05) is 12.6 Å². The van der Waals surface area contributed by atoms with Crippen LogP contribution < -0.4 is 11.1 Å². The van der Waals surface area contributed by atoms with Gasteiger partial charge in [-0.1, -0.05) is 12.1 Å². The molecule has 1 fully saturated rings. The quantitative estimate of drug-likeness (QED) is 0.855. The van der Waals surface area contributed by atoms with Crippen LogP contribution in [-0.2, 0) is 11.8 Å². The minimum atomic E-state index is -0.688. The summed E-state index contributed by atoms with van der Waals surface area (Å²) in [7, 11) is 1.86. The number of rotatable bonds is 3. The molecule has 0 spiro atoms. The van der Waals surface area contributed by atoms with Gasteiger partial charge in [0.25, 0.3) is 0 Å². The summed E-state index contributed by atoms with van der Waals surface area (Å²) in [6.45, 7) is 0. The fourth-order valence-corrected chi connectivity index (χ4v) is 1.92. The standard InChI is InChI=1S/C13H15N5O/c1-18-8-15-17-11(18)9-4-2-3-5-10(9)16-12(19)13(14)6-7-13/h2-5,8H,6-7,14H2,1H3,(H,16,19). The van der Waals surface area contributed by atoms with Crippen molar-refractivity contribution in [2.75, 3.05) is 5.32 Å². The van der Waals surface area contributed by atoms with E-state index < -0.39 is 5.54 Å². The molecule has 0 saturated heterocycles. The molecule has 3 rings (SSSR count). The van der Waals surface area contributed by atoms with Crippen LogP contribution in [-0.4, -0.2) is 26.2 Å². The van der Waals surface area contributed by atoms with Gasteiger partial charge < -0.3 is 15.6 Å². The molecule has 1 amide bonds. The third-order valence-electron chi connectivity index (χ3n) is 3.37. The highest BCUT2D eigenvalue weighted by molar-refractivity contribution is 6.02. The summed E-state index contributed by atoms with van der Waals surface area (Å²) in [5, 5.41) is 10.8. The first-order valence-electron chi connectivity index (χ1n) is 6.14. The fraction of sp³-hybridized carbons (Fsp3) is 0.308. The van der Waals surface area contributed by atoms with Crippen LogP contribution in [0.4, 0.5) is 5.69 Å². The Balaban J connectivity index is 1.94. The van der Waals surface area contributed by atoms with Gasteiger partial charge in [-0.15, -0.1) is 10.2 Å². The highest BCUT2D eigenvalue weighted by Gasteiger charge is 2.46. The number of nitrogens with two attached hydrogens (primary N) is 1. The van der Waals surface area contributed by atoms with E-state index >= 15 is 0 Å². The number of carbonyl (C=O) groups is 1. The molecule has 0 bridgehead atoms. The number of hydrogen-bond acceptors (Lipinski definition) is 4. The van der Waals surface area contributed by atoms with Crippen molar-refractivity contribution in [2.24, 2.45) is 12.8 Å². The molecule has 19 heavy (non-hydrogen) atoms. The van der Waals surface area contributed by atoms with Crippen molar-refractivity contribution >= 4 is 11.6 Å². The molecule has 1 aromatic carbocycles. The van der Waals surface area contributed by atoms with E-state index in [9.17, 15) is 4.79 Å². The number of aromatic nitrogens is 3. The molecule has 1 aromatic heterocycles. The highest BCUT2D eigenvalue weighted by Crippen LogP contribution is 2.34. The van der Waals surface area contributed by atoms with E-state index in [0.29, 0.717) is 11.5 Å². The minimum absolute atomic E-state index is 0.137.